The second-order valence-electron chi connectivity index (χ2n) is 4.47. The highest BCUT2D eigenvalue weighted by molar-refractivity contribution is 5.22. The lowest BCUT2D eigenvalue weighted by molar-refractivity contribution is -0.296. The molecule has 0 N–H and O–H groups in total. The zero-order valence-electron chi connectivity index (χ0n) is 10.8. The third kappa shape index (κ3) is 2.23. The molecule has 0 radical (unpaired) electrons. The number of hydrogen-bond acceptors (Lipinski definition) is 3. The Balaban J connectivity index is 2.38. The van der Waals surface area contributed by atoms with Crippen LogP contribution in [0.15, 0.2) is 30.3 Å². The fourth-order valence-corrected chi connectivity index (χ4v) is 2.40. The molecule has 17 heavy (non-hydrogen) atoms. The minimum atomic E-state index is -0.622. The maximum atomic E-state index is 6.01. The standard InChI is InChI=1S/C14H21NO2/c1-4-16-14(13-8-6-5-7-9-13)12(2)15(3)10-11-17-14/h5-9,12H,4,10-11H2,1-3H3. The second kappa shape index (κ2) is 5.17. The van der Waals surface area contributed by atoms with E-state index in [0.717, 1.165) is 12.1 Å². The van der Waals surface area contributed by atoms with E-state index in [2.05, 4.69) is 31.0 Å². The number of benzene rings is 1. The van der Waals surface area contributed by atoms with Crippen molar-refractivity contribution in [1.82, 2.24) is 4.90 Å². The Labute approximate surface area is 103 Å². The van der Waals surface area contributed by atoms with Gasteiger partial charge in [-0.3, -0.25) is 4.90 Å². The smallest absolute Gasteiger partial charge is 0.210 e. The van der Waals surface area contributed by atoms with Gasteiger partial charge in [-0.1, -0.05) is 30.3 Å². The molecular formula is C14H21NO2. The van der Waals surface area contributed by atoms with Crippen LogP contribution in [0.4, 0.5) is 0 Å². The Morgan fingerprint density at radius 3 is 2.76 bits per heavy atom. The van der Waals surface area contributed by atoms with E-state index in [4.69, 9.17) is 9.47 Å². The second-order valence-corrected chi connectivity index (χ2v) is 4.47. The van der Waals surface area contributed by atoms with Gasteiger partial charge < -0.3 is 9.47 Å². The first-order valence-corrected chi connectivity index (χ1v) is 6.24. The van der Waals surface area contributed by atoms with Crippen LogP contribution in [-0.4, -0.2) is 37.7 Å². The average Bonchev–Trinajstić information content (AvgIpc) is 2.36. The molecule has 0 amide bonds. The van der Waals surface area contributed by atoms with Crippen LogP contribution >= 0.6 is 0 Å². The van der Waals surface area contributed by atoms with Crippen LogP contribution in [0.2, 0.25) is 0 Å². The molecule has 1 aliphatic heterocycles. The Morgan fingerprint density at radius 2 is 2.12 bits per heavy atom. The van der Waals surface area contributed by atoms with Gasteiger partial charge in [0, 0.05) is 18.7 Å². The predicted octanol–water partition coefficient (Wildman–Crippen LogP) is 2.23. The van der Waals surface area contributed by atoms with Crippen LogP contribution in [0.1, 0.15) is 19.4 Å². The zero-order valence-corrected chi connectivity index (χ0v) is 10.8. The van der Waals surface area contributed by atoms with E-state index in [1.807, 2.05) is 25.1 Å². The summed E-state index contributed by atoms with van der Waals surface area (Å²) in [6.45, 7) is 6.46. The lowest BCUT2D eigenvalue weighted by Gasteiger charge is -2.46. The van der Waals surface area contributed by atoms with E-state index in [1.54, 1.807) is 0 Å². The van der Waals surface area contributed by atoms with Gasteiger partial charge in [0.05, 0.1) is 12.6 Å². The topological polar surface area (TPSA) is 21.7 Å². The number of morpholine rings is 1. The van der Waals surface area contributed by atoms with Gasteiger partial charge in [-0.2, -0.15) is 0 Å². The molecule has 1 aromatic carbocycles. The molecule has 0 bridgehead atoms. The van der Waals surface area contributed by atoms with Crippen molar-refractivity contribution in [1.29, 1.82) is 0 Å². The highest BCUT2D eigenvalue weighted by atomic mass is 16.7. The third-order valence-electron chi connectivity index (χ3n) is 3.51. The largest absolute Gasteiger partial charge is 0.345 e. The molecule has 2 unspecified atom stereocenters. The quantitative estimate of drug-likeness (QED) is 0.802. The molecule has 1 saturated heterocycles. The maximum Gasteiger partial charge on any atom is 0.210 e. The van der Waals surface area contributed by atoms with Crippen LogP contribution in [0.5, 0.6) is 0 Å². The highest BCUT2D eigenvalue weighted by Gasteiger charge is 2.44. The van der Waals surface area contributed by atoms with Gasteiger partial charge >= 0.3 is 0 Å². The van der Waals surface area contributed by atoms with Crippen molar-refractivity contribution in [2.75, 3.05) is 26.8 Å². The van der Waals surface area contributed by atoms with E-state index >= 15 is 0 Å². The average molecular weight is 235 g/mol. The van der Waals surface area contributed by atoms with Crippen LogP contribution in [-0.2, 0) is 15.3 Å². The Bertz CT molecular complexity index is 350. The zero-order chi connectivity index (χ0) is 12.3. The number of hydrogen-bond donors (Lipinski definition) is 0. The monoisotopic (exact) mass is 235 g/mol. The Kier molecular flexibility index (Phi) is 3.82. The SMILES string of the molecule is CCOC1(c2ccccc2)OCCN(C)C1C. The number of nitrogens with zero attached hydrogens (tertiary/aromatic N) is 1. The fraction of sp³-hybridized carbons (Fsp3) is 0.571. The van der Waals surface area contributed by atoms with E-state index in [1.165, 1.54) is 0 Å². The Morgan fingerprint density at radius 1 is 1.41 bits per heavy atom. The molecule has 0 aliphatic carbocycles. The molecule has 3 heteroatoms. The van der Waals surface area contributed by atoms with Crippen LogP contribution in [0.25, 0.3) is 0 Å². The van der Waals surface area contributed by atoms with Crippen LogP contribution < -0.4 is 0 Å². The molecule has 1 fully saturated rings. The molecule has 2 atom stereocenters. The summed E-state index contributed by atoms with van der Waals surface area (Å²) in [5.74, 6) is -0.622. The molecule has 0 spiro atoms. The normalized spacial score (nSPS) is 30.4. The summed E-state index contributed by atoms with van der Waals surface area (Å²) in [6, 6.07) is 10.4. The molecule has 1 aromatic rings. The van der Waals surface area contributed by atoms with Crippen LogP contribution in [0.3, 0.4) is 0 Å². The molecule has 2 rings (SSSR count). The van der Waals surface area contributed by atoms with Crippen molar-refractivity contribution in [3.05, 3.63) is 35.9 Å². The van der Waals surface area contributed by atoms with Crippen molar-refractivity contribution in [3.63, 3.8) is 0 Å². The minimum absolute atomic E-state index is 0.207. The van der Waals surface area contributed by atoms with Crippen LogP contribution in [0, 0.1) is 0 Å². The molecule has 94 valence electrons. The van der Waals surface area contributed by atoms with E-state index in [0.29, 0.717) is 13.2 Å². The van der Waals surface area contributed by atoms with Gasteiger partial charge in [0.2, 0.25) is 5.79 Å². The maximum absolute atomic E-state index is 6.01. The van der Waals surface area contributed by atoms with E-state index < -0.39 is 5.79 Å². The predicted molar refractivity (Wildman–Crippen MR) is 67.8 cm³/mol. The summed E-state index contributed by atoms with van der Waals surface area (Å²) in [7, 11) is 2.11. The van der Waals surface area contributed by atoms with Crippen molar-refractivity contribution in [3.8, 4) is 0 Å². The summed E-state index contributed by atoms with van der Waals surface area (Å²) in [4.78, 5) is 2.28. The van der Waals surface area contributed by atoms with Crippen molar-refractivity contribution in [2.45, 2.75) is 25.7 Å². The van der Waals surface area contributed by atoms with Gasteiger partial charge in [-0.15, -0.1) is 0 Å². The van der Waals surface area contributed by atoms with Gasteiger partial charge in [0.15, 0.2) is 0 Å². The van der Waals surface area contributed by atoms with E-state index in [9.17, 15) is 0 Å². The van der Waals surface area contributed by atoms with Crippen molar-refractivity contribution < 1.29 is 9.47 Å². The lowest BCUT2D eigenvalue weighted by Crippen LogP contribution is -2.56. The molecule has 1 heterocycles. The fourth-order valence-electron chi connectivity index (χ4n) is 2.40. The summed E-state index contributed by atoms with van der Waals surface area (Å²) in [5, 5.41) is 0. The lowest BCUT2D eigenvalue weighted by atomic mass is 9.96. The number of rotatable bonds is 3. The van der Waals surface area contributed by atoms with Crippen molar-refractivity contribution >= 4 is 0 Å². The summed E-state index contributed by atoms with van der Waals surface area (Å²) in [6.07, 6.45) is 0. The van der Waals surface area contributed by atoms with Gasteiger partial charge in [0.25, 0.3) is 0 Å². The summed E-state index contributed by atoms with van der Waals surface area (Å²) >= 11 is 0. The minimum Gasteiger partial charge on any atom is -0.345 e. The van der Waals surface area contributed by atoms with Crippen molar-refractivity contribution in [2.24, 2.45) is 0 Å². The summed E-state index contributed by atoms with van der Waals surface area (Å²) in [5.41, 5.74) is 1.10. The molecule has 1 aliphatic rings. The number of ether oxygens (including phenoxy) is 2. The molecular weight excluding hydrogens is 214 g/mol. The Hall–Kier alpha value is -0.900. The molecule has 0 saturated carbocycles. The number of likely N-dealkylation sites (N-methyl/N-ethyl adjacent to an activating group) is 1. The highest BCUT2D eigenvalue weighted by Crippen LogP contribution is 2.35. The van der Waals surface area contributed by atoms with Gasteiger partial charge in [-0.05, 0) is 20.9 Å². The van der Waals surface area contributed by atoms with Gasteiger partial charge in [0.1, 0.15) is 0 Å². The van der Waals surface area contributed by atoms with Gasteiger partial charge in [-0.25, -0.2) is 0 Å². The summed E-state index contributed by atoms with van der Waals surface area (Å²) < 4.78 is 12.0. The molecule has 3 nitrogen and oxygen atoms in total. The first-order valence-electron chi connectivity index (χ1n) is 6.24. The first-order chi connectivity index (χ1) is 8.20. The third-order valence-corrected chi connectivity index (χ3v) is 3.51. The molecule has 0 aromatic heterocycles. The first kappa shape index (κ1) is 12.6. The van der Waals surface area contributed by atoms with E-state index in [-0.39, 0.29) is 6.04 Å².